The van der Waals surface area contributed by atoms with Gasteiger partial charge in [-0.25, -0.2) is 18.6 Å². The monoisotopic (exact) mass is 584 g/mol. The van der Waals surface area contributed by atoms with Crippen LogP contribution in [0.1, 0.15) is 59.7 Å². The van der Waals surface area contributed by atoms with Gasteiger partial charge in [0.1, 0.15) is 23.8 Å². The molecule has 3 amide bonds. The Kier molecular flexibility index (Phi) is 7.90. The molecule has 10 nitrogen and oxygen atoms in total. The minimum atomic E-state index is -4.61. The summed E-state index contributed by atoms with van der Waals surface area (Å²) in [7, 11) is 2.80. The van der Waals surface area contributed by atoms with E-state index in [2.05, 4.69) is 15.4 Å². The lowest BCUT2D eigenvalue weighted by Crippen LogP contribution is -2.40. The number of fused-ring (bicyclic) bond motifs is 1. The van der Waals surface area contributed by atoms with Gasteiger partial charge in [0.05, 0.1) is 25.4 Å². The van der Waals surface area contributed by atoms with Crippen molar-refractivity contribution in [1.82, 2.24) is 30.3 Å². The lowest BCUT2D eigenvalue weighted by molar-refractivity contribution is -0.150. The predicted octanol–water partition coefficient (Wildman–Crippen LogP) is 4.34. The second-order valence-corrected chi connectivity index (χ2v) is 10.4. The molecule has 3 heterocycles. The highest BCUT2D eigenvalue weighted by Gasteiger charge is 2.48. The van der Waals surface area contributed by atoms with Crippen LogP contribution < -0.4 is 10.6 Å². The number of nitrogens with zero attached hydrogens (tertiary/aromatic N) is 4. The zero-order chi connectivity index (χ0) is 29.5. The number of carbonyl (C=O) groups excluding carboxylic acids is 2. The standard InChI is InChI=1S/C26H29F5N6O4/c1-36-22(16(28)10-32-36)23(38)35-21(13-3-6-15(27)7-4-13)24-33-17-9-14(5-8-19(17)41-24)18(12-40-2)37-11-20(26(29,30)31)34-25(37)39/h5,8-10,13,15,18,20-21H,3-4,6-7,11-12H2,1-2H3,(H,34,39)(H,35,38). The van der Waals surface area contributed by atoms with Crippen LogP contribution in [0.5, 0.6) is 0 Å². The minimum Gasteiger partial charge on any atom is -0.438 e. The van der Waals surface area contributed by atoms with E-state index in [-0.39, 0.29) is 37.0 Å². The molecule has 2 N–H and O–H groups in total. The summed E-state index contributed by atoms with van der Waals surface area (Å²) in [5.41, 5.74) is 0.837. The number of rotatable bonds is 8. The Morgan fingerprint density at radius 3 is 2.61 bits per heavy atom. The first-order valence-electron chi connectivity index (χ1n) is 13.1. The zero-order valence-corrected chi connectivity index (χ0v) is 22.3. The van der Waals surface area contributed by atoms with E-state index in [9.17, 15) is 31.5 Å². The highest BCUT2D eigenvalue weighted by Crippen LogP contribution is 2.37. The summed E-state index contributed by atoms with van der Waals surface area (Å²) in [5.74, 6) is -1.67. The van der Waals surface area contributed by atoms with Crippen LogP contribution in [-0.2, 0) is 11.8 Å². The number of halogens is 5. The number of alkyl halides is 4. The van der Waals surface area contributed by atoms with Crippen molar-refractivity contribution in [3.63, 3.8) is 0 Å². The maximum absolute atomic E-state index is 14.3. The topological polar surface area (TPSA) is 115 Å². The van der Waals surface area contributed by atoms with Crippen molar-refractivity contribution in [1.29, 1.82) is 0 Å². The zero-order valence-electron chi connectivity index (χ0n) is 22.3. The fraction of sp³-hybridized carbons (Fsp3) is 0.538. The van der Waals surface area contributed by atoms with Crippen LogP contribution in [0.3, 0.4) is 0 Å². The average Bonchev–Trinajstić information content (AvgIpc) is 3.62. The van der Waals surface area contributed by atoms with E-state index in [1.807, 2.05) is 5.32 Å². The van der Waals surface area contributed by atoms with Gasteiger partial charge in [-0.2, -0.15) is 18.3 Å². The number of hydrogen-bond donors (Lipinski definition) is 2. The highest BCUT2D eigenvalue weighted by atomic mass is 19.4. The number of ether oxygens (including phenoxy) is 1. The van der Waals surface area contributed by atoms with Crippen LogP contribution in [0, 0.1) is 11.7 Å². The van der Waals surface area contributed by atoms with Crippen LogP contribution in [0.2, 0.25) is 0 Å². The van der Waals surface area contributed by atoms with Crippen LogP contribution in [0.15, 0.2) is 28.8 Å². The van der Waals surface area contributed by atoms with E-state index in [1.54, 1.807) is 18.2 Å². The number of methoxy groups -OCH3 is 1. The van der Waals surface area contributed by atoms with Crippen molar-refractivity contribution >= 4 is 23.0 Å². The third kappa shape index (κ3) is 5.85. The van der Waals surface area contributed by atoms with Crippen molar-refractivity contribution in [3.05, 3.63) is 47.4 Å². The number of aryl methyl sites for hydroxylation is 1. The summed E-state index contributed by atoms with van der Waals surface area (Å²) in [6, 6.07) is 0.207. The smallest absolute Gasteiger partial charge is 0.410 e. The van der Waals surface area contributed by atoms with E-state index < -0.39 is 54.8 Å². The molecule has 2 aliphatic rings. The molecule has 41 heavy (non-hydrogen) atoms. The Bertz CT molecular complexity index is 1400. The molecule has 5 rings (SSSR count). The Balaban J connectivity index is 1.45. The van der Waals surface area contributed by atoms with Crippen molar-refractivity contribution in [3.8, 4) is 0 Å². The number of aromatic nitrogens is 3. The molecule has 1 saturated carbocycles. The lowest BCUT2D eigenvalue weighted by atomic mass is 9.83. The van der Waals surface area contributed by atoms with Crippen molar-refractivity contribution in [2.24, 2.45) is 13.0 Å². The Labute approximate surface area is 231 Å². The van der Waals surface area contributed by atoms with Gasteiger partial charge in [0.15, 0.2) is 17.1 Å². The Hall–Kier alpha value is -3.75. The van der Waals surface area contributed by atoms with Gasteiger partial charge in [0.25, 0.3) is 5.91 Å². The SMILES string of the molecule is COCC(c1ccc2oc(C(NC(=O)c3c(F)cnn3C)C3CCC(F)CC3)nc2c1)N1CC(C(F)(F)F)NC1=O. The van der Waals surface area contributed by atoms with E-state index in [4.69, 9.17) is 9.15 Å². The second kappa shape index (κ2) is 11.3. The third-order valence-electron chi connectivity index (χ3n) is 7.68. The van der Waals surface area contributed by atoms with Crippen LogP contribution in [0.4, 0.5) is 26.7 Å². The summed E-state index contributed by atoms with van der Waals surface area (Å²) in [5, 5.41) is 8.50. The average molecular weight is 585 g/mol. The van der Waals surface area contributed by atoms with Gasteiger partial charge >= 0.3 is 12.2 Å². The molecule has 1 aliphatic carbocycles. The summed E-state index contributed by atoms with van der Waals surface area (Å²) >= 11 is 0. The maximum Gasteiger partial charge on any atom is 0.410 e. The summed E-state index contributed by atoms with van der Waals surface area (Å²) in [6.07, 6.45) is -3.19. The molecule has 1 aliphatic heterocycles. The van der Waals surface area contributed by atoms with E-state index in [0.29, 0.717) is 29.5 Å². The molecule has 222 valence electrons. The first-order valence-corrected chi connectivity index (χ1v) is 13.1. The fourth-order valence-corrected chi connectivity index (χ4v) is 5.51. The predicted molar refractivity (Wildman–Crippen MR) is 134 cm³/mol. The van der Waals surface area contributed by atoms with Gasteiger partial charge in [-0.05, 0) is 49.3 Å². The minimum absolute atomic E-state index is 0.0738. The number of hydrogen-bond acceptors (Lipinski definition) is 6. The van der Waals surface area contributed by atoms with Crippen LogP contribution in [0.25, 0.3) is 11.1 Å². The largest absolute Gasteiger partial charge is 0.438 e. The Morgan fingerprint density at radius 2 is 2.00 bits per heavy atom. The molecule has 3 atom stereocenters. The molecular weight excluding hydrogens is 555 g/mol. The molecule has 1 saturated heterocycles. The molecule has 1 aromatic carbocycles. The van der Waals surface area contributed by atoms with Crippen molar-refractivity contribution in [2.75, 3.05) is 20.3 Å². The number of amides is 3. The van der Waals surface area contributed by atoms with Gasteiger partial charge in [0, 0.05) is 14.2 Å². The summed E-state index contributed by atoms with van der Waals surface area (Å²) in [4.78, 5) is 31.1. The second-order valence-electron chi connectivity index (χ2n) is 10.4. The van der Waals surface area contributed by atoms with E-state index >= 15 is 0 Å². The number of carbonyl (C=O) groups is 2. The van der Waals surface area contributed by atoms with Crippen molar-refractivity contribution < 1.29 is 40.7 Å². The molecule has 3 unspecified atom stereocenters. The quantitative estimate of drug-likeness (QED) is 0.381. The summed E-state index contributed by atoms with van der Waals surface area (Å²) in [6.45, 7) is -0.663. The maximum atomic E-state index is 14.3. The van der Waals surface area contributed by atoms with Crippen LogP contribution in [-0.4, -0.2) is 70.3 Å². The van der Waals surface area contributed by atoms with E-state index in [0.717, 1.165) is 15.8 Å². The van der Waals surface area contributed by atoms with Crippen LogP contribution >= 0.6 is 0 Å². The number of oxazole rings is 1. The normalized spacial score (nSPS) is 23.0. The summed E-state index contributed by atoms with van der Waals surface area (Å²) < 4.78 is 80.3. The number of benzene rings is 1. The number of urea groups is 1. The molecule has 2 aromatic heterocycles. The van der Waals surface area contributed by atoms with Crippen molar-refractivity contribution in [2.45, 2.75) is 56.2 Å². The molecule has 15 heteroatoms. The van der Waals surface area contributed by atoms with Gasteiger partial charge in [-0.1, -0.05) is 6.07 Å². The fourth-order valence-electron chi connectivity index (χ4n) is 5.51. The highest BCUT2D eigenvalue weighted by molar-refractivity contribution is 5.93. The molecule has 2 fully saturated rings. The van der Waals surface area contributed by atoms with Gasteiger partial charge in [0.2, 0.25) is 5.89 Å². The Morgan fingerprint density at radius 1 is 1.27 bits per heavy atom. The molecular formula is C26H29F5N6O4. The van der Waals surface area contributed by atoms with Gasteiger partial charge in [-0.3, -0.25) is 9.48 Å². The molecule has 0 radical (unpaired) electrons. The van der Waals surface area contributed by atoms with Gasteiger partial charge < -0.3 is 24.7 Å². The molecule has 0 spiro atoms. The van der Waals surface area contributed by atoms with E-state index in [1.165, 1.54) is 14.2 Å². The molecule has 3 aromatic rings. The first kappa shape index (κ1) is 28.8. The third-order valence-corrected chi connectivity index (χ3v) is 7.68. The first-order chi connectivity index (χ1) is 19.5. The number of nitrogens with one attached hydrogen (secondary N) is 2. The molecule has 0 bridgehead atoms. The lowest BCUT2D eigenvalue weighted by Gasteiger charge is -2.30. The van der Waals surface area contributed by atoms with Gasteiger partial charge in [-0.15, -0.1) is 0 Å².